The highest BCUT2D eigenvalue weighted by atomic mass is 16.1. The van der Waals surface area contributed by atoms with Crippen LogP contribution in [0.25, 0.3) is 0 Å². The van der Waals surface area contributed by atoms with Crippen LogP contribution >= 0.6 is 0 Å². The highest BCUT2D eigenvalue weighted by Gasteiger charge is 2.23. The predicted molar refractivity (Wildman–Crippen MR) is 74.1 cm³/mol. The van der Waals surface area contributed by atoms with Gasteiger partial charge >= 0.3 is 0 Å². The van der Waals surface area contributed by atoms with E-state index in [-0.39, 0.29) is 0 Å². The smallest absolute Gasteiger partial charge is 0.132 e. The molecule has 1 fully saturated rings. The Kier molecular flexibility index (Phi) is 7.55. The van der Waals surface area contributed by atoms with Crippen LogP contribution in [0, 0.1) is 11.8 Å². The lowest BCUT2D eigenvalue weighted by atomic mass is 9.91. The number of unbranched alkanes of at least 4 members (excludes halogenated alkanes) is 4. The van der Waals surface area contributed by atoms with Crippen molar-refractivity contribution >= 4 is 5.78 Å². The Morgan fingerprint density at radius 2 is 1.82 bits per heavy atom. The van der Waals surface area contributed by atoms with Gasteiger partial charge < -0.3 is 0 Å². The molecule has 0 saturated heterocycles. The lowest BCUT2D eigenvalue weighted by molar-refractivity contribution is -0.119. The molecule has 100 valence electrons. The highest BCUT2D eigenvalue weighted by Crippen LogP contribution is 2.34. The number of rotatable bonds is 9. The summed E-state index contributed by atoms with van der Waals surface area (Å²) in [5.41, 5.74) is 0. The van der Waals surface area contributed by atoms with Gasteiger partial charge in [0.1, 0.15) is 5.78 Å². The van der Waals surface area contributed by atoms with Gasteiger partial charge in [0.2, 0.25) is 0 Å². The van der Waals surface area contributed by atoms with Crippen molar-refractivity contribution in [3.8, 4) is 0 Å². The third-order valence-electron chi connectivity index (χ3n) is 4.39. The molecule has 1 nitrogen and oxygen atoms in total. The summed E-state index contributed by atoms with van der Waals surface area (Å²) in [5, 5.41) is 0. The molecule has 17 heavy (non-hydrogen) atoms. The van der Waals surface area contributed by atoms with Gasteiger partial charge in [-0.2, -0.15) is 0 Å². The molecule has 2 atom stereocenters. The molecule has 1 heteroatoms. The van der Waals surface area contributed by atoms with Crippen LogP contribution in [0.15, 0.2) is 0 Å². The van der Waals surface area contributed by atoms with E-state index in [4.69, 9.17) is 0 Å². The Hall–Kier alpha value is -0.330. The van der Waals surface area contributed by atoms with Crippen molar-refractivity contribution < 1.29 is 4.79 Å². The normalized spacial score (nSPS) is 24.1. The minimum Gasteiger partial charge on any atom is -0.300 e. The molecule has 0 aromatic rings. The maximum absolute atomic E-state index is 11.7. The maximum atomic E-state index is 11.7. The van der Waals surface area contributed by atoms with Gasteiger partial charge in [0, 0.05) is 12.8 Å². The van der Waals surface area contributed by atoms with Crippen molar-refractivity contribution in [2.24, 2.45) is 11.8 Å². The first-order valence-corrected chi connectivity index (χ1v) is 7.75. The summed E-state index contributed by atoms with van der Waals surface area (Å²) >= 11 is 0. The minimum atomic E-state index is 0.514. The van der Waals surface area contributed by atoms with Gasteiger partial charge in [-0.25, -0.2) is 0 Å². The van der Waals surface area contributed by atoms with Crippen molar-refractivity contribution in [3.63, 3.8) is 0 Å². The molecule has 0 bridgehead atoms. The third-order valence-corrected chi connectivity index (χ3v) is 4.39. The van der Waals surface area contributed by atoms with E-state index in [9.17, 15) is 4.79 Å². The Balaban J connectivity index is 1.97. The summed E-state index contributed by atoms with van der Waals surface area (Å²) in [6, 6.07) is 0. The van der Waals surface area contributed by atoms with E-state index in [1.807, 2.05) is 0 Å². The molecule has 0 aromatic heterocycles. The summed E-state index contributed by atoms with van der Waals surface area (Å²) in [7, 11) is 0. The zero-order valence-electron chi connectivity index (χ0n) is 11.8. The van der Waals surface area contributed by atoms with Crippen molar-refractivity contribution in [2.45, 2.75) is 84.5 Å². The van der Waals surface area contributed by atoms with Crippen LogP contribution < -0.4 is 0 Å². The molecule has 0 spiro atoms. The van der Waals surface area contributed by atoms with Crippen LogP contribution in [-0.4, -0.2) is 5.78 Å². The second-order valence-corrected chi connectivity index (χ2v) is 5.91. The Morgan fingerprint density at radius 3 is 2.47 bits per heavy atom. The quantitative estimate of drug-likeness (QED) is 0.509. The number of Topliss-reactive ketones (excluding diaryl/α,β-unsaturated/α-hetero) is 1. The van der Waals surface area contributed by atoms with E-state index in [1.54, 1.807) is 0 Å². The molecule has 0 aliphatic heterocycles. The number of hydrogen-bond acceptors (Lipinski definition) is 1. The number of hydrogen-bond donors (Lipinski definition) is 0. The fourth-order valence-electron chi connectivity index (χ4n) is 3.05. The average molecular weight is 238 g/mol. The van der Waals surface area contributed by atoms with Gasteiger partial charge in [-0.1, -0.05) is 58.8 Å². The summed E-state index contributed by atoms with van der Waals surface area (Å²) in [6.45, 7) is 4.58. The first kappa shape index (κ1) is 14.7. The second-order valence-electron chi connectivity index (χ2n) is 5.91. The first-order chi connectivity index (χ1) is 8.24. The molecule has 1 aliphatic rings. The average Bonchev–Trinajstić information content (AvgIpc) is 2.72. The SMILES string of the molecule is CCCCCCCC(=O)CCC1CCCC1C. The molecule has 0 N–H and O–H groups in total. The van der Waals surface area contributed by atoms with E-state index >= 15 is 0 Å². The van der Waals surface area contributed by atoms with Gasteiger partial charge in [0.25, 0.3) is 0 Å². The highest BCUT2D eigenvalue weighted by molar-refractivity contribution is 5.78. The fourth-order valence-corrected chi connectivity index (χ4v) is 3.05. The van der Waals surface area contributed by atoms with E-state index in [1.165, 1.54) is 44.9 Å². The molecule has 0 amide bonds. The Bertz CT molecular complexity index is 210. The van der Waals surface area contributed by atoms with Gasteiger partial charge in [0.15, 0.2) is 0 Å². The topological polar surface area (TPSA) is 17.1 Å². The molecule has 0 aromatic carbocycles. The summed E-state index contributed by atoms with van der Waals surface area (Å²) in [5.74, 6) is 2.23. The van der Waals surface area contributed by atoms with Crippen LogP contribution in [0.3, 0.4) is 0 Å². The van der Waals surface area contributed by atoms with Crippen molar-refractivity contribution in [2.75, 3.05) is 0 Å². The largest absolute Gasteiger partial charge is 0.300 e. The molecular formula is C16H30O. The number of carbonyl (C=O) groups excluding carboxylic acids is 1. The van der Waals surface area contributed by atoms with Gasteiger partial charge in [0.05, 0.1) is 0 Å². The van der Waals surface area contributed by atoms with Crippen molar-refractivity contribution in [1.29, 1.82) is 0 Å². The van der Waals surface area contributed by atoms with Crippen LogP contribution in [0.5, 0.6) is 0 Å². The number of ketones is 1. The summed E-state index contributed by atoms with van der Waals surface area (Å²) < 4.78 is 0. The molecular weight excluding hydrogens is 208 g/mol. The Labute approximate surface area is 107 Å². The van der Waals surface area contributed by atoms with Crippen LogP contribution in [-0.2, 0) is 4.79 Å². The van der Waals surface area contributed by atoms with Crippen LogP contribution in [0.1, 0.15) is 84.5 Å². The van der Waals surface area contributed by atoms with E-state index in [2.05, 4.69) is 13.8 Å². The van der Waals surface area contributed by atoms with Crippen molar-refractivity contribution in [3.05, 3.63) is 0 Å². The van der Waals surface area contributed by atoms with Gasteiger partial charge in [-0.3, -0.25) is 4.79 Å². The molecule has 1 saturated carbocycles. The zero-order valence-corrected chi connectivity index (χ0v) is 11.8. The third kappa shape index (κ3) is 6.24. The van der Waals surface area contributed by atoms with Gasteiger partial charge in [-0.05, 0) is 24.7 Å². The molecule has 1 rings (SSSR count). The lowest BCUT2D eigenvalue weighted by Crippen LogP contribution is -2.07. The monoisotopic (exact) mass is 238 g/mol. The molecule has 2 unspecified atom stereocenters. The predicted octanol–water partition coefficient (Wildman–Crippen LogP) is 5.13. The Morgan fingerprint density at radius 1 is 1.06 bits per heavy atom. The maximum Gasteiger partial charge on any atom is 0.132 e. The summed E-state index contributed by atoms with van der Waals surface area (Å²) in [4.78, 5) is 11.7. The van der Waals surface area contributed by atoms with E-state index in [0.717, 1.165) is 37.5 Å². The van der Waals surface area contributed by atoms with E-state index in [0.29, 0.717) is 5.78 Å². The molecule has 0 heterocycles. The number of carbonyl (C=O) groups is 1. The minimum absolute atomic E-state index is 0.514. The van der Waals surface area contributed by atoms with Gasteiger partial charge in [-0.15, -0.1) is 0 Å². The molecule has 0 radical (unpaired) electrons. The summed E-state index contributed by atoms with van der Waals surface area (Å²) in [6.07, 6.45) is 13.3. The fraction of sp³-hybridized carbons (Fsp3) is 0.938. The van der Waals surface area contributed by atoms with Crippen molar-refractivity contribution in [1.82, 2.24) is 0 Å². The van der Waals surface area contributed by atoms with E-state index < -0.39 is 0 Å². The standard InChI is InChI=1S/C16H30O/c1-3-4-5-6-7-11-16(17)13-12-15-10-8-9-14(15)2/h14-15H,3-13H2,1-2H3. The second kappa shape index (κ2) is 8.72. The zero-order chi connectivity index (χ0) is 12.5. The molecule has 1 aliphatic carbocycles. The lowest BCUT2D eigenvalue weighted by Gasteiger charge is -2.14. The first-order valence-electron chi connectivity index (χ1n) is 7.75. The van der Waals surface area contributed by atoms with Crippen LogP contribution in [0.4, 0.5) is 0 Å². The van der Waals surface area contributed by atoms with Crippen LogP contribution in [0.2, 0.25) is 0 Å².